The van der Waals surface area contributed by atoms with Crippen LogP contribution in [0.2, 0.25) is 0 Å². The van der Waals surface area contributed by atoms with Crippen LogP contribution in [0.15, 0.2) is 36.3 Å². The monoisotopic (exact) mass is 163 g/mol. The van der Waals surface area contributed by atoms with E-state index in [-0.39, 0.29) is 11.8 Å². The zero-order valence-electron chi connectivity index (χ0n) is 6.49. The largest absolute Gasteiger partial charge is 0.491 e. The molecule has 0 amide bonds. The first kappa shape index (κ1) is 7.16. The van der Waals surface area contributed by atoms with Gasteiger partial charge in [0.2, 0.25) is 0 Å². The van der Waals surface area contributed by atoms with Gasteiger partial charge in [0.25, 0.3) is 0 Å². The second-order valence-electron chi connectivity index (χ2n) is 2.64. The third-order valence-electron chi connectivity index (χ3n) is 1.82. The zero-order valence-corrected chi connectivity index (χ0v) is 6.49. The molecule has 1 heterocycles. The molecule has 0 aromatic rings. The normalized spacial score (nSPS) is 26.5. The predicted molar refractivity (Wildman–Crippen MR) is 44.2 cm³/mol. The van der Waals surface area contributed by atoms with Crippen LogP contribution in [0.1, 0.15) is 0 Å². The minimum atomic E-state index is -0.311. The molecule has 12 heavy (non-hydrogen) atoms. The average molecular weight is 163 g/mol. The van der Waals surface area contributed by atoms with Crippen molar-refractivity contribution < 1.29 is 9.53 Å². The van der Waals surface area contributed by atoms with Crippen LogP contribution in [0.3, 0.4) is 0 Å². The lowest BCUT2D eigenvalue weighted by molar-refractivity contribution is -0.116. The van der Waals surface area contributed by atoms with E-state index < -0.39 is 0 Å². The smallest absolute Gasteiger partial charge is 0.185 e. The lowest BCUT2D eigenvalue weighted by atomic mass is 10.1. The van der Waals surface area contributed by atoms with E-state index in [1.165, 1.54) is 0 Å². The molecule has 3 heteroatoms. The summed E-state index contributed by atoms with van der Waals surface area (Å²) in [6, 6.07) is -0.311. The van der Waals surface area contributed by atoms with Gasteiger partial charge in [-0.1, -0.05) is 6.08 Å². The van der Waals surface area contributed by atoms with Crippen LogP contribution < -0.4 is 5.32 Å². The Kier molecular flexibility index (Phi) is 1.70. The average Bonchev–Trinajstić information content (AvgIpc) is 2.30. The third kappa shape index (κ3) is 1.13. The number of carbonyl (C=O) groups is 1. The zero-order chi connectivity index (χ0) is 8.39. The first-order valence-corrected chi connectivity index (χ1v) is 3.84. The van der Waals surface area contributed by atoms with E-state index in [1.807, 2.05) is 12.2 Å². The Morgan fingerprint density at radius 2 is 2.50 bits per heavy atom. The van der Waals surface area contributed by atoms with Crippen molar-refractivity contribution in [3.63, 3.8) is 0 Å². The molecule has 0 fully saturated rings. The summed E-state index contributed by atoms with van der Waals surface area (Å²) in [5.41, 5.74) is 0. The predicted octanol–water partition coefficient (Wildman–Crippen LogP) is 0.511. The van der Waals surface area contributed by atoms with Gasteiger partial charge in [-0.15, -0.1) is 0 Å². The van der Waals surface area contributed by atoms with Crippen molar-refractivity contribution in [2.24, 2.45) is 0 Å². The second-order valence-corrected chi connectivity index (χ2v) is 2.64. The highest BCUT2D eigenvalue weighted by molar-refractivity contribution is 5.97. The van der Waals surface area contributed by atoms with Gasteiger partial charge in [0.1, 0.15) is 18.4 Å². The Bertz CT molecular complexity index is 289. The van der Waals surface area contributed by atoms with Crippen LogP contribution in [0.5, 0.6) is 0 Å². The summed E-state index contributed by atoms with van der Waals surface area (Å²) in [7, 11) is 0. The minimum Gasteiger partial charge on any atom is -0.491 e. The van der Waals surface area contributed by atoms with E-state index >= 15 is 0 Å². The second kappa shape index (κ2) is 2.85. The van der Waals surface area contributed by atoms with E-state index in [1.54, 1.807) is 18.4 Å². The highest BCUT2D eigenvalue weighted by Gasteiger charge is 2.23. The highest BCUT2D eigenvalue weighted by atomic mass is 16.5. The summed E-state index contributed by atoms with van der Waals surface area (Å²) in [6.07, 6.45) is 8.66. The van der Waals surface area contributed by atoms with Crippen molar-refractivity contribution >= 4 is 5.78 Å². The molecular weight excluding hydrogens is 154 g/mol. The maximum Gasteiger partial charge on any atom is 0.185 e. The van der Waals surface area contributed by atoms with Crippen molar-refractivity contribution in [1.82, 2.24) is 5.32 Å². The van der Waals surface area contributed by atoms with Crippen molar-refractivity contribution in [3.8, 4) is 0 Å². The van der Waals surface area contributed by atoms with Crippen molar-refractivity contribution in [2.45, 2.75) is 6.04 Å². The van der Waals surface area contributed by atoms with Gasteiger partial charge in [-0.25, -0.2) is 0 Å². The minimum absolute atomic E-state index is 0.0408. The summed E-state index contributed by atoms with van der Waals surface area (Å²) in [6.45, 7) is 0.524. The quantitative estimate of drug-likeness (QED) is 0.565. The van der Waals surface area contributed by atoms with Gasteiger partial charge in [-0.3, -0.25) is 4.79 Å². The lowest BCUT2D eigenvalue weighted by Crippen LogP contribution is -2.35. The Balaban J connectivity index is 2.27. The van der Waals surface area contributed by atoms with Gasteiger partial charge in [0.15, 0.2) is 5.78 Å². The lowest BCUT2D eigenvalue weighted by Gasteiger charge is -2.17. The molecule has 1 atom stereocenters. The Morgan fingerprint density at radius 1 is 1.58 bits per heavy atom. The first-order valence-electron chi connectivity index (χ1n) is 3.84. The van der Waals surface area contributed by atoms with Crippen molar-refractivity contribution in [2.75, 3.05) is 6.61 Å². The van der Waals surface area contributed by atoms with E-state index in [2.05, 4.69) is 5.32 Å². The van der Waals surface area contributed by atoms with Gasteiger partial charge in [0.05, 0.1) is 0 Å². The van der Waals surface area contributed by atoms with Gasteiger partial charge in [-0.2, -0.15) is 0 Å². The fourth-order valence-corrected chi connectivity index (χ4v) is 1.22. The molecule has 62 valence electrons. The number of ketones is 1. The molecule has 0 saturated heterocycles. The summed E-state index contributed by atoms with van der Waals surface area (Å²) < 4.78 is 5.32. The number of hydrogen-bond donors (Lipinski definition) is 1. The maximum atomic E-state index is 11.3. The number of rotatable bonds is 0. The maximum absolute atomic E-state index is 11.3. The SMILES string of the molecule is O=C1C=CC=C2OCC=CNC12. The van der Waals surface area contributed by atoms with Crippen LogP contribution in [0, 0.1) is 0 Å². The Hall–Kier alpha value is -1.51. The Labute approximate surface area is 70.4 Å². The molecule has 0 bridgehead atoms. The summed E-state index contributed by atoms with van der Waals surface area (Å²) >= 11 is 0. The molecule has 2 aliphatic rings. The van der Waals surface area contributed by atoms with Crippen molar-refractivity contribution in [1.29, 1.82) is 0 Å². The summed E-state index contributed by atoms with van der Waals surface area (Å²) in [5.74, 6) is 0.742. The van der Waals surface area contributed by atoms with Gasteiger partial charge in [0, 0.05) is 0 Å². The fraction of sp³-hybridized carbons (Fsp3) is 0.222. The van der Waals surface area contributed by atoms with E-state index in [9.17, 15) is 4.79 Å². The third-order valence-corrected chi connectivity index (χ3v) is 1.82. The van der Waals surface area contributed by atoms with Crippen LogP contribution >= 0.6 is 0 Å². The molecule has 0 aromatic heterocycles. The molecule has 1 N–H and O–H groups in total. The highest BCUT2D eigenvalue weighted by Crippen LogP contribution is 2.13. The number of hydrogen-bond acceptors (Lipinski definition) is 3. The molecule has 3 nitrogen and oxygen atoms in total. The van der Waals surface area contributed by atoms with Crippen LogP contribution in [-0.4, -0.2) is 18.4 Å². The molecule has 1 unspecified atom stereocenters. The topological polar surface area (TPSA) is 38.3 Å². The molecule has 0 saturated carbocycles. The fourth-order valence-electron chi connectivity index (χ4n) is 1.22. The van der Waals surface area contributed by atoms with E-state index in [0.717, 1.165) is 0 Å². The molecule has 2 rings (SSSR count). The van der Waals surface area contributed by atoms with Crippen LogP contribution in [-0.2, 0) is 9.53 Å². The van der Waals surface area contributed by atoms with Gasteiger partial charge >= 0.3 is 0 Å². The number of carbonyl (C=O) groups excluding carboxylic acids is 1. The van der Waals surface area contributed by atoms with Crippen LogP contribution in [0.25, 0.3) is 0 Å². The summed E-state index contributed by atoms with van der Waals surface area (Å²) in [4.78, 5) is 11.3. The Morgan fingerprint density at radius 3 is 3.42 bits per heavy atom. The van der Waals surface area contributed by atoms with Gasteiger partial charge in [-0.05, 0) is 24.4 Å². The van der Waals surface area contributed by atoms with Crippen molar-refractivity contribution in [3.05, 3.63) is 36.3 Å². The van der Waals surface area contributed by atoms with Gasteiger partial charge < -0.3 is 10.1 Å². The first-order chi connectivity index (χ1) is 5.88. The molecule has 0 aromatic carbocycles. The molecule has 0 spiro atoms. The number of allylic oxidation sites excluding steroid dienone is 2. The van der Waals surface area contributed by atoms with Crippen LogP contribution in [0.4, 0.5) is 0 Å². The molecule has 0 radical (unpaired) electrons. The number of ether oxygens (including phenoxy) is 1. The molecule has 1 aliphatic carbocycles. The molecular formula is C9H9NO2. The number of nitrogens with one attached hydrogen (secondary N) is 1. The standard InChI is InChI=1S/C9H9NO2/c11-7-3-1-4-8-9(7)10-5-2-6-12-8/h1-5,9-10H,6H2. The molecule has 1 aliphatic heterocycles. The summed E-state index contributed by atoms with van der Waals surface area (Å²) in [5, 5.41) is 2.96. The van der Waals surface area contributed by atoms with E-state index in [4.69, 9.17) is 4.74 Å². The van der Waals surface area contributed by atoms with E-state index in [0.29, 0.717) is 12.4 Å². The number of fused-ring (bicyclic) bond motifs is 1.